The zero-order valence-corrected chi connectivity index (χ0v) is 12.9. The molecule has 3 heterocycles. The van der Waals surface area contributed by atoms with Crippen LogP contribution >= 0.6 is 0 Å². The highest BCUT2D eigenvalue weighted by atomic mass is 16.7. The third-order valence-corrected chi connectivity index (χ3v) is 4.82. The molecule has 0 amide bonds. The Morgan fingerprint density at radius 3 is 2.25 bits per heavy atom. The van der Waals surface area contributed by atoms with Gasteiger partial charge >= 0.3 is 7.12 Å². The topological polar surface area (TPSA) is 40.6 Å². The van der Waals surface area contributed by atoms with Crippen LogP contribution in [0.3, 0.4) is 0 Å². The molecule has 5 heteroatoms. The normalized spacial score (nSPS) is 24.8. The SMILES string of the molecule is Cc1c(B2OC(C)(C)C(C)(C)O2)ccnc1C1COC1. The Bertz CT molecular complexity index is 510. The Morgan fingerprint density at radius 2 is 1.75 bits per heavy atom. The molecule has 0 N–H and O–H groups in total. The van der Waals surface area contributed by atoms with E-state index in [-0.39, 0.29) is 18.3 Å². The van der Waals surface area contributed by atoms with E-state index >= 15 is 0 Å². The van der Waals surface area contributed by atoms with Crippen molar-refractivity contribution >= 4 is 12.6 Å². The molecule has 0 radical (unpaired) electrons. The van der Waals surface area contributed by atoms with E-state index < -0.39 is 0 Å². The molecule has 0 atom stereocenters. The summed E-state index contributed by atoms with van der Waals surface area (Å²) in [5, 5.41) is 0. The lowest BCUT2D eigenvalue weighted by Crippen LogP contribution is -2.41. The first-order valence-corrected chi connectivity index (χ1v) is 7.20. The van der Waals surface area contributed by atoms with Gasteiger partial charge in [0, 0.05) is 12.1 Å². The lowest BCUT2D eigenvalue weighted by molar-refractivity contribution is 0.00578. The summed E-state index contributed by atoms with van der Waals surface area (Å²) < 4.78 is 17.5. The third kappa shape index (κ3) is 2.08. The molecule has 1 aromatic rings. The van der Waals surface area contributed by atoms with Gasteiger partial charge < -0.3 is 14.0 Å². The molecule has 0 unspecified atom stereocenters. The predicted octanol–water partition coefficient (Wildman–Crippen LogP) is 1.80. The molecule has 4 nitrogen and oxygen atoms in total. The first-order valence-electron chi connectivity index (χ1n) is 7.20. The predicted molar refractivity (Wildman–Crippen MR) is 78.3 cm³/mol. The highest BCUT2D eigenvalue weighted by Crippen LogP contribution is 2.37. The van der Waals surface area contributed by atoms with Gasteiger partial charge in [-0.05, 0) is 51.7 Å². The van der Waals surface area contributed by atoms with Gasteiger partial charge in [-0.1, -0.05) is 0 Å². The van der Waals surface area contributed by atoms with Crippen molar-refractivity contribution in [3.63, 3.8) is 0 Å². The van der Waals surface area contributed by atoms with E-state index in [9.17, 15) is 0 Å². The maximum Gasteiger partial charge on any atom is 0.495 e. The van der Waals surface area contributed by atoms with Crippen molar-refractivity contribution in [1.29, 1.82) is 0 Å². The maximum absolute atomic E-state index is 6.14. The number of aromatic nitrogens is 1. The Labute approximate surface area is 121 Å². The number of pyridine rings is 1. The second kappa shape index (κ2) is 4.55. The summed E-state index contributed by atoms with van der Waals surface area (Å²) in [6, 6.07) is 2.00. The second-order valence-electron chi connectivity index (χ2n) is 6.73. The third-order valence-electron chi connectivity index (χ3n) is 4.82. The van der Waals surface area contributed by atoms with Crippen molar-refractivity contribution in [2.75, 3.05) is 13.2 Å². The Morgan fingerprint density at radius 1 is 1.15 bits per heavy atom. The molecule has 0 aliphatic carbocycles. The standard InChI is InChI=1S/C15H22BNO3/c1-10-12(6-7-17-13(10)11-8-18-9-11)16-19-14(2,3)15(4,5)20-16/h6-7,11H,8-9H2,1-5H3. The van der Waals surface area contributed by atoms with Crippen molar-refractivity contribution < 1.29 is 14.0 Å². The van der Waals surface area contributed by atoms with Crippen molar-refractivity contribution in [3.05, 3.63) is 23.5 Å². The zero-order valence-electron chi connectivity index (χ0n) is 12.9. The fourth-order valence-corrected chi connectivity index (χ4v) is 2.60. The molecule has 2 aliphatic heterocycles. The van der Waals surface area contributed by atoms with Gasteiger partial charge in [-0.2, -0.15) is 0 Å². The molecule has 2 aliphatic rings. The largest absolute Gasteiger partial charge is 0.495 e. The van der Waals surface area contributed by atoms with Crippen LogP contribution in [0.2, 0.25) is 0 Å². The average molecular weight is 275 g/mol. The van der Waals surface area contributed by atoms with Crippen LogP contribution in [0.15, 0.2) is 12.3 Å². The minimum absolute atomic E-state index is 0.312. The van der Waals surface area contributed by atoms with Gasteiger partial charge in [0.15, 0.2) is 0 Å². The minimum Gasteiger partial charge on any atom is -0.399 e. The molecule has 0 bridgehead atoms. The van der Waals surface area contributed by atoms with Crippen LogP contribution in [-0.4, -0.2) is 36.5 Å². The quantitative estimate of drug-likeness (QED) is 0.772. The number of nitrogens with zero attached hydrogens (tertiary/aromatic N) is 1. The van der Waals surface area contributed by atoms with Crippen LogP contribution in [-0.2, 0) is 14.0 Å². The van der Waals surface area contributed by atoms with E-state index in [1.165, 1.54) is 5.56 Å². The Hall–Kier alpha value is -0.905. The Kier molecular flexibility index (Phi) is 3.20. The van der Waals surface area contributed by atoms with Crippen LogP contribution in [0.25, 0.3) is 0 Å². The lowest BCUT2D eigenvalue weighted by Gasteiger charge is -2.32. The van der Waals surface area contributed by atoms with Crippen LogP contribution in [0.5, 0.6) is 0 Å². The monoisotopic (exact) mass is 275 g/mol. The molecule has 20 heavy (non-hydrogen) atoms. The fraction of sp³-hybridized carbons (Fsp3) is 0.667. The number of rotatable bonds is 2. The maximum atomic E-state index is 6.14. The molecule has 2 saturated heterocycles. The van der Waals surface area contributed by atoms with Gasteiger partial charge in [0.1, 0.15) is 0 Å². The van der Waals surface area contributed by atoms with Gasteiger partial charge in [0.25, 0.3) is 0 Å². The summed E-state index contributed by atoms with van der Waals surface area (Å²) in [7, 11) is -0.317. The van der Waals surface area contributed by atoms with Gasteiger partial charge in [0.2, 0.25) is 0 Å². The summed E-state index contributed by atoms with van der Waals surface area (Å²) in [5.41, 5.74) is 2.74. The highest BCUT2D eigenvalue weighted by Gasteiger charge is 2.52. The highest BCUT2D eigenvalue weighted by molar-refractivity contribution is 6.62. The van der Waals surface area contributed by atoms with Crippen LogP contribution in [0, 0.1) is 6.92 Å². The van der Waals surface area contributed by atoms with Crippen LogP contribution in [0.4, 0.5) is 0 Å². The molecule has 2 fully saturated rings. The van der Waals surface area contributed by atoms with E-state index in [1.807, 2.05) is 12.3 Å². The van der Waals surface area contributed by atoms with Crippen molar-refractivity contribution in [2.24, 2.45) is 0 Å². The van der Waals surface area contributed by atoms with Crippen LogP contribution in [0.1, 0.15) is 44.9 Å². The number of hydrogen-bond acceptors (Lipinski definition) is 4. The van der Waals surface area contributed by atoms with Crippen molar-refractivity contribution in [2.45, 2.75) is 51.7 Å². The molecule has 0 saturated carbocycles. The minimum atomic E-state index is -0.317. The summed E-state index contributed by atoms with van der Waals surface area (Å²) >= 11 is 0. The first-order chi connectivity index (χ1) is 9.32. The molecule has 108 valence electrons. The Balaban J connectivity index is 1.92. The summed E-state index contributed by atoms with van der Waals surface area (Å²) in [6.45, 7) is 11.9. The van der Waals surface area contributed by atoms with Gasteiger partial charge in [-0.15, -0.1) is 0 Å². The number of hydrogen-bond donors (Lipinski definition) is 0. The molecule has 0 aromatic carbocycles. The van der Waals surface area contributed by atoms with Crippen molar-refractivity contribution in [1.82, 2.24) is 4.98 Å². The van der Waals surface area contributed by atoms with Crippen LogP contribution < -0.4 is 5.46 Å². The average Bonchev–Trinajstić information content (AvgIpc) is 2.48. The molecular weight excluding hydrogens is 253 g/mol. The zero-order chi connectivity index (χ0) is 14.5. The van der Waals surface area contributed by atoms with Crippen molar-refractivity contribution in [3.8, 4) is 0 Å². The molecule has 1 aromatic heterocycles. The lowest BCUT2D eigenvalue weighted by atomic mass is 9.75. The second-order valence-corrected chi connectivity index (χ2v) is 6.73. The van der Waals surface area contributed by atoms with Gasteiger partial charge in [0.05, 0.1) is 30.1 Å². The molecule has 0 spiro atoms. The summed E-state index contributed by atoms with van der Waals surface area (Å²) in [6.07, 6.45) is 1.85. The van der Waals surface area contributed by atoms with E-state index in [1.54, 1.807) is 0 Å². The van der Waals surface area contributed by atoms with Gasteiger partial charge in [-0.3, -0.25) is 4.98 Å². The summed E-state index contributed by atoms with van der Waals surface area (Å²) in [5.74, 6) is 0.414. The van der Waals surface area contributed by atoms with Gasteiger partial charge in [-0.25, -0.2) is 0 Å². The van der Waals surface area contributed by atoms with E-state index in [0.29, 0.717) is 5.92 Å². The van der Waals surface area contributed by atoms with E-state index in [2.05, 4.69) is 39.6 Å². The molecular formula is C15H22BNO3. The number of ether oxygens (including phenoxy) is 1. The first kappa shape index (κ1) is 14.0. The van der Waals surface area contributed by atoms with E-state index in [4.69, 9.17) is 14.0 Å². The summed E-state index contributed by atoms with van der Waals surface area (Å²) in [4.78, 5) is 4.51. The molecule has 3 rings (SSSR count). The van der Waals surface area contributed by atoms with E-state index in [0.717, 1.165) is 24.4 Å². The smallest absolute Gasteiger partial charge is 0.399 e. The fourth-order valence-electron chi connectivity index (χ4n) is 2.60.